The van der Waals surface area contributed by atoms with Crippen LogP contribution in [0.15, 0.2) is 12.1 Å². The zero-order chi connectivity index (χ0) is 10.6. The zero-order valence-corrected chi connectivity index (χ0v) is 7.56. The van der Waals surface area contributed by atoms with Crippen molar-refractivity contribution in [3.63, 3.8) is 0 Å². The van der Waals surface area contributed by atoms with E-state index in [1.54, 1.807) is 0 Å². The van der Waals surface area contributed by atoms with Gasteiger partial charge in [0.2, 0.25) is 5.82 Å². The maximum atomic E-state index is 10.4. The monoisotopic (exact) mass is 195 g/mol. The zero-order valence-electron chi connectivity index (χ0n) is 7.56. The highest BCUT2D eigenvalue weighted by Gasteiger charge is 2.12. The van der Waals surface area contributed by atoms with Crippen LogP contribution in [0.5, 0.6) is 0 Å². The van der Waals surface area contributed by atoms with E-state index in [1.165, 1.54) is 12.1 Å². The Morgan fingerprint density at radius 1 is 1.64 bits per heavy atom. The third-order valence-electron chi connectivity index (χ3n) is 1.58. The summed E-state index contributed by atoms with van der Waals surface area (Å²) in [7, 11) is 0. The number of nitro groups is 1. The summed E-state index contributed by atoms with van der Waals surface area (Å²) in [6.07, 6.45) is 0.707. The molecule has 6 heteroatoms. The summed E-state index contributed by atoms with van der Waals surface area (Å²) in [6.45, 7) is 4.30. The van der Waals surface area contributed by atoms with E-state index in [1.807, 2.05) is 0 Å². The van der Waals surface area contributed by atoms with Crippen LogP contribution in [-0.4, -0.2) is 16.5 Å². The van der Waals surface area contributed by atoms with E-state index in [9.17, 15) is 10.1 Å². The van der Waals surface area contributed by atoms with Gasteiger partial charge in [0.1, 0.15) is 5.82 Å². The molecular formula is C8H11N4O2. The fourth-order valence-electron chi connectivity index (χ4n) is 0.937. The van der Waals surface area contributed by atoms with Gasteiger partial charge in [-0.1, -0.05) is 6.92 Å². The molecule has 0 spiro atoms. The molecule has 0 aliphatic carbocycles. The summed E-state index contributed by atoms with van der Waals surface area (Å²) in [4.78, 5) is 13.7. The van der Waals surface area contributed by atoms with Gasteiger partial charge < -0.3 is 11.1 Å². The Morgan fingerprint density at radius 2 is 2.36 bits per heavy atom. The average molecular weight is 195 g/mol. The Morgan fingerprint density at radius 3 is 2.86 bits per heavy atom. The third kappa shape index (κ3) is 2.32. The maximum Gasteiger partial charge on any atom is 0.311 e. The summed E-state index contributed by atoms with van der Waals surface area (Å²) >= 11 is 0. The van der Waals surface area contributed by atoms with Crippen molar-refractivity contribution in [1.29, 1.82) is 0 Å². The standard InChI is InChI=1S/C8H11N4O2/c1-2-5-10-7-4-3-6(12(13)14)8(9)11-7/h3-4H,1-2,5H2,(H3,9,10,11). The van der Waals surface area contributed by atoms with Crippen molar-refractivity contribution in [3.8, 4) is 0 Å². The molecule has 14 heavy (non-hydrogen) atoms. The molecule has 1 rings (SSSR count). The van der Waals surface area contributed by atoms with Crippen LogP contribution in [0.1, 0.15) is 6.42 Å². The number of hydrogen-bond donors (Lipinski definition) is 2. The summed E-state index contributed by atoms with van der Waals surface area (Å²) in [5, 5.41) is 13.3. The van der Waals surface area contributed by atoms with Crippen LogP contribution >= 0.6 is 0 Å². The number of nitrogens with zero attached hydrogens (tertiary/aromatic N) is 2. The molecule has 0 unspecified atom stereocenters. The largest absolute Gasteiger partial charge is 0.378 e. The van der Waals surface area contributed by atoms with E-state index < -0.39 is 4.92 Å². The van der Waals surface area contributed by atoms with Crippen molar-refractivity contribution in [2.24, 2.45) is 0 Å². The number of hydrogen-bond acceptors (Lipinski definition) is 5. The molecule has 0 bridgehead atoms. The molecule has 1 aromatic heterocycles. The molecule has 0 fully saturated rings. The van der Waals surface area contributed by atoms with Crippen LogP contribution in [-0.2, 0) is 0 Å². The molecule has 0 amide bonds. The van der Waals surface area contributed by atoms with Crippen LogP contribution in [0.2, 0.25) is 0 Å². The lowest BCUT2D eigenvalue weighted by atomic mass is 10.3. The number of nitrogens with one attached hydrogen (secondary N) is 1. The summed E-state index contributed by atoms with van der Waals surface area (Å²) in [6, 6.07) is 2.85. The summed E-state index contributed by atoms with van der Waals surface area (Å²) in [5.74, 6) is 0.445. The predicted octanol–water partition coefficient (Wildman–Crippen LogP) is 1.21. The molecule has 3 N–H and O–H groups in total. The Balaban J connectivity index is 2.83. The second kappa shape index (κ2) is 4.40. The van der Waals surface area contributed by atoms with Gasteiger partial charge in [0.05, 0.1) is 4.92 Å². The number of nitrogen functional groups attached to an aromatic ring is 1. The molecule has 0 aliphatic rings. The first-order chi connectivity index (χ1) is 6.65. The van der Waals surface area contributed by atoms with E-state index in [0.717, 1.165) is 0 Å². The van der Waals surface area contributed by atoms with E-state index in [2.05, 4.69) is 17.2 Å². The number of pyridine rings is 1. The second-order valence-corrected chi connectivity index (χ2v) is 2.64. The molecule has 1 radical (unpaired) electrons. The molecule has 0 saturated carbocycles. The van der Waals surface area contributed by atoms with Crippen molar-refractivity contribution >= 4 is 17.3 Å². The fourth-order valence-corrected chi connectivity index (χ4v) is 0.937. The third-order valence-corrected chi connectivity index (χ3v) is 1.58. The lowest BCUT2D eigenvalue weighted by Gasteiger charge is -2.03. The Bertz CT molecular complexity index is 340. The van der Waals surface area contributed by atoms with Gasteiger partial charge in [-0.05, 0) is 12.5 Å². The normalized spacial score (nSPS) is 9.79. The quantitative estimate of drug-likeness (QED) is 0.556. The first-order valence-electron chi connectivity index (χ1n) is 4.09. The lowest BCUT2D eigenvalue weighted by Crippen LogP contribution is -2.05. The van der Waals surface area contributed by atoms with Gasteiger partial charge in [-0.15, -0.1) is 0 Å². The first kappa shape index (κ1) is 10.2. The summed E-state index contributed by atoms with van der Waals surface area (Å²) < 4.78 is 0. The van der Waals surface area contributed by atoms with Crippen molar-refractivity contribution < 1.29 is 4.92 Å². The minimum atomic E-state index is -0.562. The van der Waals surface area contributed by atoms with E-state index in [-0.39, 0.29) is 11.5 Å². The van der Waals surface area contributed by atoms with Crippen molar-refractivity contribution in [1.82, 2.24) is 4.98 Å². The number of anilines is 2. The molecule has 0 aliphatic heterocycles. The minimum Gasteiger partial charge on any atom is -0.378 e. The highest BCUT2D eigenvalue weighted by atomic mass is 16.6. The lowest BCUT2D eigenvalue weighted by molar-refractivity contribution is -0.384. The number of rotatable bonds is 4. The SMILES string of the molecule is [CH2]CCNc1ccc([N+](=O)[O-])c(N)n1. The maximum absolute atomic E-state index is 10.4. The van der Waals surface area contributed by atoms with Crippen molar-refractivity contribution in [2.45, 2.75) is 6.42 Å². The van der Waals surface area contributed by atoms with Gasteiger partial charge in [0.25, 0.3) is 0 Å². The van der Waals surface area contributed by atoms with Crippen molar-refractivity contribution in [2.75, 3.05) is 17.6 Å². The Hall–Kier alpha value is -1.85. The van der Waals surface area contributed by atoms with E-state index in [4.69, 9.17) is 5.73 Å². The highest BCUT2D eigenvalue weighted by Crippen LogP contribution is 2.20. The van der Waals surface area contributed by atoms with Crippen LogP contribution in [0.3, 0.4) is 0 Å². The van der Waals surface area contributed by atoms with Gasteiger partial charge in [-0.25, -0.2) is 4.98 Å². The fraction of sp³-hybridized carbons (Fsp3) is 0.250. The average Bonchev–Trinajstić information content (AvgIpc) is 2.14. The molecule has 6 nitrogen and oxygen atoms in total. The van der Waals surface area contributed by atoms with Crippen LogP contribution in [0.4, 0.5) is 17.3 Å². The molecule has 1 heterocycles. The van der Waals surface area contributed by atoms with Crippen LogP contribution < -0.4 is 11.1 Å². The van der Waals surface area contributed by atoms with Gasteiger partial charge in [0, 0.05) is 12.6 Å². The van der Waals surface area contributed by atoms with Crippen LogP contribution in [0.25, 0.3) is 0 Å². The van der Waals surface area contributed by atoms with Gasteiger partial charge in [-0.2, -0.15) is 0 Å². The van der Waals surface area contributed by atoms with E-state index in [0.29, 0.717) is 18.8 Å². The second-order valence-electron chi connectivity index (χ2n) is 2.64. The molecule has 1 aromatic rings. The molecule has 0 atom stereocenters. The number of aromatic nitrogens is 1. The van der Waals surface area contributed by atoms with Crippen LogP contribution in [0, 0.1) is 17.0 Å². The molecule has 75 valence electrons. The van der Waals surface area contributed by atoms with Crippen molar-refractivity contribution in [3.05, 3.63) is 29.2 Å². The van der Waals surface area contributed by atoms with Gasteiger partial charge in [0.15, 0.2) is 0 Å². The molecular weight excluding hydrogens is 184 g/mol. The topological polar surface area (TPSA) is 94.1 Å². The predicted molar refractivity (Wildman–Crippen MR) is 53.8 cm³/mol. The molecule has 0 saturated heterocycles. The summed E-state index contributed by atoms with van der Waals surface area (Å²) in [5.41, 5.74) is 5.21. The smallest absolute Gasteiger partial charge is 0.311 e. The van der Waals surface area contributed by atoms with Gasteiger partial charge >= 0.3 is 5.69 Å². The Kier molecular flexibility index (Phi) is 3.22. The van der Waals surface area contributed by atoms with E-state index >= 15 is 0 Å². The highest BCUT2D eigenvalue weighted by molar-refractivity contribution is 5.57. The minimum absolute atomic E-state index is 0.0796. The Labute approximate surface area is 81.3 Å². The van der Waals surface area contributed by atoms with Gasteiger partial charge in [-0.3, -0.25) is 10.1 Å². The first-order valence-corrected chi connectivity index (χ1v) is 4.09. The molecule has 0 aromatic carbocycles. The number of nitrogens with two attached hydrogens (primary N) is 1.